The van der Waals surface area contributed by atoms with Crippen LogP contribution in [0.25, 0.3) is 0 Å². The van der Waals surface area contributed by atoms with Crippen molar-refractivity contribution >= 4 is 11.6 Å². The van der Waals surface area contributed by atoms with Gasteiger partial charge in [-0.15, -0.1) is 0 Å². The molecule has 90 valence electrons. The minimum atomic E-state index is -0.771. The molecule has 0 fully saturated rings. The van der Waals surface area contributed by atoms with Gasteiger partial charge in [-0.3, -0.25) is 0 Å². The second-order valence-corrected chi connectivity index (χ2v) is 3.80. The summed E-state index contributed by atoms with van der Waals surface area (Å²) in [6.07, 6.45) is 0.572. The zero-order valence-electron chi connectivity index (χ0n) is 9.56. The second kappa shape index (κ2) is 5.09. The van der Waals surface area contributed by atoms with E-state index < -0.39 is 5.54 Å². The molecule has 0 aliphatic carbocycles. The first-order valence-electron chi connectivity index (χ1n) is 5.16. The quantitative estimate of drug-likeness (QED) is 0.559. The van der Waals surface area contributed by atoms with Crippen molar-refractivity contribution in [1.82, 2.24) is 9.97 Å². The van der Waals surface area contributed by atoms with Gasteiger partial charge in [0.2, 0.25) is 0 Å². The van der Waals surface area contributed by atoms with E-state index in [2.05, 4.69) is 15.3 Å². The zero-order valence-corrected chi connectivity index (χ0v) is 9.56. The fraction of sp³-hybridized carbons (Fsp3) is 0.600. The van der Waals surface area contributed by atoms with E-state index in [0.29, 0.717) is 23.9 Å². The molecule has 1 rings (SSSR count). The molecule has 0 aromatic carbocycles. The van der Waals surface area contributed by atoms with Crippen molar-refractivity contribution in [3.05, 3.63) is 11.9 Å². The number of aromatic nitrogens is 2. The van der Waals surface area contributed by atoms with Crippen LogP contribution in [0, 0.1) is 6.92 Å². The third kappa shape index (κ3) is 2.80. The van der Waals surface area contributed by atoms with E-state index >= 15 is 0 Å². The number of aryl methyl sites for hydroxylation is 1. The Labute approximate surface area is 94.5 Å². The van der Waals surface area contributed by atoms with Gasteiger partial charge in [-0.2, -0.15) is 0 Å². The van der Waals surface area contributed by atoms with E-state index in [9.17, 15) is 10.2 Å². The Morgan fingerprint density at radius 1 is 1.38 bits per heavy atom. The molecule has 0 saturated carbocycles. The zero-order chi connectivity index (χ0) is 12.2. The first-order chi connectivity index (χ1) is 7.55. The molecule has 0 bridgehead atoms. The molecule has 1 aromatic rings. The third-order valence-electron chi connectivity index (χ3n) is 2.53. The van der Waals surface area contributed by atoms with Crippen LogP contribution >= 0.6 is 0 Å². The lowest BCUT2D eigenvalue weighted by Crippen LogP contribution is -2.45. The van der Waals surface area contributed by atoms with Crippen LogP contribution in [-0.4, -0.2) is 38.9 Å². The Bertz CT molecular complexity index is 324. The van der Waals surface area contributed by atoms with Gasteiger partial charge in [-0.05, 0) is 13.3 Å². The van der Waals surface area contributed by atoms with E-state index in [0.717, 1.165) is 0 Å². The number of rotatable bonds is 5. The van der Waals surface area contributed by atoms with Crippen molar-refractivity contribution < 1.29 is 10.2 Å². The van der Waals surface area contributed by atoms with E-state index in [1.54, 1.807) is 13.0 Å². The van der Waals surface area contributed by atoms with Crippen LogP contribution in [0.1, 0.15) is 19.2 Å². The number of aliphatic hydroxyl groups is 2. The predicted octanol–water partition coefficient (Wildman–Crippen LogP) is -0.0875. The van der Waals surface area contributed by atoms with Crippen molar-refractivity contribution in [3.63, 3.8) is 0 Å². The lowest BCUT2D eigenvalue weighted by atomic mass is 9.98. The highest BCUT2D eigenvalue weighted by Gasteiger charge is 2.26. The molecule has 5 N–H and O–H groups in total. The summed E-state index contributed by atoms with van der Waals surface area (Å²) in [7, 11) is 0. The van der Waals surface area contributed by atoms with Crippen molar-refractivity contribution in [2.75, 3.05) is 24.3 Å². The number of nitrogens with zero attached hydrogens (tertiary/aromatic N) is 2. The summed E-state index contributed by atoms with van der Waals surface area (Å²) in [5.74, 6) is 1.41. The summed E-state index contributed by atoms with van der Waals surface area (Å²) in [6.45, 7) is 3.25. The Morgan fingerprint density at radius 2 is 2.00 bits per heavy atom. The SMILES string of the molecule is CCC(CO)(CO)Nc1cc(N)nc(C)n1. The van der Waals surface area contributed by atoms with Crippen LogP contribution in [0.4, 0.5) is 11.6 Å². The number of hydrogen-bond acceptors (Lipinski definition) is 6. The number of anilines is 2. The molecule has 16 heavy (non-hydrogen) atoms. The highest BCUT2D eigenvalue weighted by atomic mass is 16.3. The molecule has 0 radical (unpaired) electrons. The van der Waals surface area contributed by atoms with Gasteiger partial charge in [0.25, 0.3) is 0 Å². The molecule has 0 aliphatic rings. The molecule has 0 amide bonds. The number of nitrogens with one attached hydrogen (secondary N) is 1. The van der Waals surface area contributed by atoms with Crippen LogP contribution in [0.15, 0.2) is 6.07 Å². The highest BCUT2D eigenvalue weighted by Crippen LogP contribution is 2.17. The average Bonchev–Trinajstić information content (AvgIpc) is 2.25. The topological polar surface area (TPSA) is 104 Å². The highest BCUT2D eigenvalue weighted by molar-refractivity contribution is 5.46. The molecule has 6 nitrogen and oxygen atoms in total. The van der Waals surface area contributed by atoms with Gasteiger partial charge in [0.15, 0.2) is 0 Å². The van der Waals surface area contributed by atoms with Gasteiger partial charge in [0.05, 0.1) is 18.8 Å². The first-order valence-corrected chi connectivity index (χ1v) is 5.16. The van der Waals surface area contributed by atoms with Gasteiger partial charge in [-0.1, -0.05) is 6.92 Å². The maximum atomic E-state index is 9.28. The number of aliphatic hydroxyl groups excluding tert-OH is 2. The summed E-state index contributed by atoms with van der Waals surface area (Å²) in [6, 6.07) is 1.57. The lowest BCUT2D eigenvalue weighted by molar-refractivity contribution is 0.132. The Hall–Kier alpha value is -1.40. The minimum Gasteiger partial charge on any atom is -0.394 e. The van der Waals surface area contributed by atoms with E-state index in [-0.39, 0.29) is 13.2 Å². The summed E-state index contributed by atoms with van der Waals surface area (Å²) in [4.78, 5) is 8.08. The minimum absolute atomic E-state index is 0.178. The molecule has 6 heteroatoms. The molecule has 1 aromatic heterocycles. The van der Waals surface area contributed by atoms with Crippen molar-refractivity contribution in [2.24, 2.45) is 0 Å². The molecular formula is C10H18N4O2. The third-order valence-corrected chi connectivity index (χ3v) is 2.53. The van der Waals surface area contributed by atoms with Crippen LogP contribution in [-0.2, 0) is 0 Å². The first kappa shape index (κ1) is 12.7. The maximum absolute atomic E-state index is 9.28. The van der Waals surface area contributed by atoms with Gasteiger partial charge in [0.1, 0.15) is 17.5 Å². The fourth-order valence-corrected chi connectivity index (χ4v) is 1.37. The Morgan fingerprint density at radius 3 is 2.44 bits per heavy atom. The smallest absolute Gasteiger partial charge is 0.132 e. The number of hydrogen-bond donors (Lipinski definition) is 4. The van der Waals surface area contributed by atoms with Crippen molar-refractivity contribution in [3.8, 4) is 0 Å². The van der Waals surface area contributed by atoms with Crippen LogP contribution in [0.2, 0.25) is 0 Å². The number of nitrogens with two attached hydrogens (primary N) is 1. The van der Waals surface area contributed by atoms with Crippen LogP contribution < -0.4 is 11.1 Å². The maximum Gasteiger partial charge on any atom is 0.132 e. The lowest BCUT2D eigenvalue weighted by Gasteiger charge is -2.30. The average molecular weight is 226 g/mol. The number of nitrogen functional groups attached to an aromatic ring is 1. The summed E-state index contributed by atoms with van der Waals surface area (Å²) in [5.41, 5.74) is 4.82. The normalized spacial score (nSPS) is 11.5. The van der Waals surface area contributed by atoms with Gasteiger partial charge in [-0.25, -0.2) is 9.97 Å². The monoisotopic (exact) mass is 226 g/mol. The molecule has 1 heterocycles. The van der Waals surface area contributed by atoms with Crippen molar-refractivity contribution in [1.29, 1.82) is 0 Å². The van der Waals surface area contributed by atoms with Gasteiger partial charge >= 0.3 is 0 Å². The van der Waals surface area contributed by atoms with Crippen molar-refractivity contribution in [2.45, 2.75) is 25.8 Å². The molecule has 0 saturated heterocycles. The van der Waals surface area contributed by atoms with E-state index in [4.69, 9.17) is 5.73 Å². The molecule has 0 unspecified atom stereocenters. The molecular weight excluding hydrogens is 208 g/mol. The van der Waals surface area contributed by atoms with Gasteiger partial charge in [0, 0.05) is 6.07 Å². The largest absolute Gasteiger partial charge is 0.394 e. The Balaban J connectivity index is 2.93. The van der Waals surface area contributed by atoms with Crippen LogP contribution in [0.5, 0.6) is 0 Å². The standard InChI is InChI=1S/C10H18N4O2/c1-3-10(5-15,6-16)14-9-4-8(11)12-7(2)13-9/h4,15-16H,3,5-6H2,1-2H3,(H3,11,12,13,14). The summed E-state index contributed by atoms with van der Waals surface area (Å²) >= 11 is 0. The second-order valence-electron chi connectivity index (χ2n) is 3.80. The van der Waals surface area contributed by atoms with E-state index in [1.807, 2.05) is 6.92 Å². The van der Waals surface area contributed by atoms with E-state index in [1.165, 1.54) is 0 Å². The molecule has 0 aliphatic heterocycles. The predicted molar refractivity (Wildman–Crippen MR) is 62.0 cm³/mol. The fourth-order valence-electron chi connectivity index (χ4n) is 1.37. The molecule has 0 atom stereocenters. The van der Waals surface area contributed by atoms with Crippen LogP contribution in [0.3, 0.4) is 0 Å². The summed E-state index contributed by atoms with van der Waals surface area (Å²) < 4.78 is 0. The Kier molecular flexibility index (Phi) is 4.03. The molecule has 0 spiro atoms. The van der Waals surface area contributed by atoms with Gasteiger partial charge < -0.3 is 21.3 Å². The summed E-state index contributed by atoms with van der Waals surface area (Å²) in [5, 5.41) is 21.6.